The number of halogens is 3. The molecule has 1 atom stereocenters. The molecule has 110 valence electrons. The van der Waals surface area contributed by atoms with Crippen molar-refractivity contribution in [2.45, 2.75) is 31.5 Å². The minimum atomic E-state index is -4.56. The molecule has 0 radical (unpaired) electrons. The van der Waals surface area contributed by atoms with E-state index >= 15 is 0 Å². The first kappa shape index (κ1) is 14.5. The molecule has 1 aliphatic rings. The Morgan fingerprint density at radius 3 is 2.65 bits per heavy atom. The van der Waals surface area contributed by atoms with Crippen LogP contribution in [0.5, 0.6) is 0 Å². The number of rotatable bonds is 2. The highest BCUT2D eigenvalue weighted by Gasteiger charge is 2.44. The zero-order valence-electron chi connectivity index (χ0n) is 10.9. The summed E-state index contributed by atoms with van der Waals surface area (Å²) in [7, 11) is 0. The number of carboxylic acids is 1. The lowest BCUT2D eigenvalue weighted by Crippen LogP contribution is -2.48. The predicted octanol–water partition coefficient (Wildman–Crippen LogP) is 2.73. The van der Waals surface area contributed by atoms with E-state index in [-0.39, 0.29) is 11.4 Å². The van der Waals surface area contributed by atoms with Crippen molar-refractivity contribution >= 4 is 17.3 Å². The van der Waals surface area contributed by atoms with Crippen molar-refractivity contribution in [1.82, 2.24) is 0 Å². The Kier molecular flexibility index (Phi) is 3.31. The number of aliphatic carboxylic acids is 1. The molecule has 1 aromatic carbocycles. The molecule has 0 bridgehead atoms. The molecule has 2 rings (SSSR count). The van der Waals surface area contributed by atoms with Gasteiger partial charge in [0.15, 0.2) is 0 Å². The number of carboxylic acid groups (broad SMARTS) is 1. The van der Waals surface area contributed by atoms with Crippen LogP contribution >= 0.6 is 0 Å². The van der Waals surface area contributed by atoms with Gasteiger partial charge in [-0.2, -0.15) is 13.2 Å². The Bertz CT molecular complexity index is 545. The van der Waals surface area contributed by atoms with Crippen molar-refractivity contribution in [2.24, 2.45) is 0 Å². The number of nitrogens with two attached hydrogens (primary N) is 1. The Morgan fingerprint density at radius 2 is 2.10 bits per heavy atom. The summed E-state index contributed by atoms with van der Waals surface area (Å²) in [5.41, 5.74) is 3.10. The third-order valence-corrected chi connectivity index (χ3v) is 3.76. The fourth-order valence-corrected chi connectivity index (χ4v) is 2.56. The number of benzene rings is 1. The highest BCUT2D eigenvalue weighted by Crippen LogP contribution is 2.39. The monoisotopic (exact) mass is 288 g/mol. The largest absolute Gasteiger partial charge is 0.480 e. The van der Waals surface area contributed by atoms with Crippen LogP contribution < -0.4 is 10.6 Å². The second-order valence-electron chi connectivity index (χ2n) is 5.10. The molecule has 1 heterocycles. The number of hydrogen-bond acceptors (Lipinski definition) is 3. The molecule has 1 unspecified atom stereocenters. The lowest BCUT2D eigenvalue weighted by atomic mass is 9.98. The van der Waals surface area contributed by atoms with E-state index in [4.69, 9.17) is 5.73 Å². The highest BCUT2D eigenvalue weighted by atomic mass is 19.4. The normalized spacial score (nSPS) is 23.1. The smallest absolute Gasteiger partial charge is 0.418 e. The Morgan fingerprint density at radius 1 is 1.45 bits per heavy atom. The number of carbonyl (C=O) groups is 1. The zero-order chi connectivity index (χ0) is 15.1. The molecular weight excluding hydrogens is 273 g/mol. The Hall–Kier alpha value is -1.92. The van der Waals surface area contributed by atoms with Gasteiger partial charge in [-0.3, -0.25) is 0 Å². The van der Waals surface area contributed by atoms with Gasteiger partial charge in [0, 0.05) is 17.9 Å². The molecule has 1 aliphatic heterocycles. The summed E-state index contributed by atoms with van der Waals surface area (Å²) >= 11 is 0. The van der Waals surface area contributed by atoms with E-state index in [2.05, 4.69) is 0 Å². The second-order valence-corrected chi connectivity index (χ2v) is 5.10. The first-order valence-electron chi connectivity index (χ1n) is 6.14. The quantitative estimate of drug-likeness (QED) is 0.821. The van der Waals surface area contributed by atoms with Gasteiger partial charge in [0.2, 0.25) is 0 Å². The van der Waals surface area contributed by atoms with Gasteiger partial charge >= 0.3 is 12.1 Å². The molecule has 7 heteroatoms. The molecule has 1 fully saturated rings. The fourth-order valence-electron chi connectivity index (χ4n) is 2.56. The summed E-state index contributed by atoms with van der Waals surface area (Å²) in [4.78, 5) is 12.9. The summed E-state index contributed by atoms with van der Waals surface area (Å²) < 4.78 is 38.6. The lowest BCUT2D eigenvalue weighted by Gasteiger charge is -2.33. The molecule has 0 aliphatic carbocycles. The minimum Gasteiger partial charge on any atom is -0.480 e. The van der Waals surface area contributed by atoms with Crippen LogP contribution in [-0.2, 0) is 11.0 Å². The van der Waals surface area contributed by atoms with Gasteiger partial charge in [0.25, 0.3) is 0 Å². The number of nitrogens with zero attached hydrogens (tertiary/aromatic N) is 1. The van der Waals surface area contributed by atoms with E-state index < -0.39 is 23.2 Å². The van der Waals surface area contributed by atoms with Gasteiger partial charge < -0.3 is 15.7 Å². The fraction of sp³-hybridized carbons (Fsp3) is 0.462. The van der Waals surface area contributed by atoms with Crippen LogP contribution in [0.1, 0.15) is 25.3 Å². The number of alkyl halides is 3. The van der Waals surface area contributed by atoms with Crippen LogP contribution in [0.15, 0.2) is 18.2 Å². The average Bonchev–Trinajstić information content (AvgIpc) is 2.72. The summed E-state index contributed by atoms with van der Waals surface area (Å²) in [6, 6.07) is 3.51. The van der Waals surface area contributed by atoms with E-state index in [0.29, 0.717) is 19.4 Å². The summed E-state index contributed by atoms with van der Waals surface area (Å²) in [5, 5.41) is 9.30. The van der Waals surface area contributed by atoms with Gasteiger partial charge in [-0.1, -0.05) is 0 Å². The zero-order valence-corrected chi connectivity index (χ0v) is 10.9. The van der Waals surface area contributed by atoms with Gasteiger partial charge in [-0.05, 0) is 38.0 Å². The molecule has 4 nitrogen and oxygen atoms in total. The maximum absolute atomic E-state index is 12.9. The molecule has 1 saturated heterocycles. The molecule has 20 heavy (non-hydrogen) atoms. The lowest BCUT2D eigenvalue weighted by molar-refractivity contribution is -0.142. The molecule has 0 spiro atoms. The van der Waals surface area contributed by atoms with Crippen molar-refractivity contribution in [3.8, 4) is 0 Å². The summed E-state index contributed by atoms with van der Waals surface area (Å²) in [6.45, 7) is 1.93. The van der Waals surface area contributed by atoms with Crippen molar-refractivity contribution in [1.29, 1.82) is 0 Å². The van der Waals surface area contributed by atoms with Gasteiger partial charge in [-0.15, -0.1) is 0 Å². The van der Waals surface area contributed by atoms with Gasteiger partial charge in [0.05, 0.1) is 5.56 Å². The van der Waals surface area contributed by atoms with Crippen molar-refractivity contribution in [3.63, 3.8) is 0 Å². The van der Waals surface area contributed by atoms with Crippen LogP contribution in [0, 0.1) is 0 Å². The Labute approximate surface area is 114 Å². The van der Waals surface area contributed by atoms with E-state index in [1.165, 1.54) is 24.0 Å². The number of nitrogen functional groups attached to an aromatic ring is 1. The van der Waals surface area contributed by atoms with Crippen LogP contribution in [0.25, 0.3) is 0 Å². The Balaban J connectivity index is 2.46. The van der Waals surface area contributed by atoms with Crippen LogP contribution in [0.4, 0.5) is 24.5 Å². The van der Waals surface area contributed by atoms with Crippen LogP contribution in [0.3, 0.4) is 0 Å². The molecule has 1 aromatic rings. The van der Waals surface area contributed by atoms with Crippen LogP contribution in [0.2, 0.25) is 0 Å². The topological polar surface area (TPSA) is 66.6 Å². The van der Waals surface area contributed by atoms with Crippen molar-refractivity contribution < 1.29 is 23.1 Å². The molecule has 0 aromatic heterocycles. The summed E-state index contributed by atoms with van der Waals surface area (Å²) in [6.07, 6.45) is -3.54. The van der Waals surface area contributed by atoms with Gasteiger partial charge in [0.1, 0.15) is 5.54 Å². The first-order chi connectivity index (χ1) is 9.16. The maximum atomic E-state index is 12.9. The average molecular weight is 288 g/mol. The molecule has 3 N–H and O–H groups in total. The molecule has 0 saturated carbocycles. The maximum Gasteiger partial charge on any atom is 0.418 e. The SMILES string of the molecule is CC1(C(=O)O)CCCN1c1ccc(N)c(C(F)(F)F)c1. The molecule has 0 amide bonds. The summed E-state index contributed by atoms with van der Waals surface area (Å²) in [5.74, 6) is -1.04. The van der Waals surface area contributed by atoms with Crippen molar-refractivity contribution in [3.05, 3.63) is 23.8 Å². The third-order valence-electron chi connectivity index (χ3n) is 3.76. The van der Waals surface area contributed by atoms with Crippen LogP contribution in [-0.4, -0.2) is 23.2 Å². The van der Waals surface area contributed by atoms with E-state index in [1.54, 1.807) is 0 Å². The standard InChI is InChI=1S/C13H15F3N2O2/c1-12(11(19)20)5-2-6-18(12)8-3-4-10(17)9(7-8)13(14,15)16/h3-4,7H,2,5-6,17H2,1H3,(H,19,20). The third kappa shape index (κ3) is 2.28. The minimum absolute atomic E-state index is 0.230. The number of hydrogen-bond donors (Lipinski definition) is 2. The highest BCUT2D eigenvalue weighted by molar-refractivity contribution is 5.84. The second kappa shape index (κ2) is 4.57. The van der Waals surface area contributed by atoms with Gasteiger partial charge in [-0.25, -0.2) is 4.79 Å². The molecular formula is C13H15F3N2O2. The van der Waals surface area contributed by atoms with Crippen molar-refractivity contribution in [2.75, 3.05) is 17.2 Å². The van der Waals surface area contributed by atoms with E-state index in [0.717, 1.165) is 6.07 Å². The van der Waals surface area contributed by atoms with E-state index in [9.17, 15) is 23.1 Å². The van der Waals surface area contributed by atoms with E-state index in [1.807, 2.05) is 0 Å². The number of anilines is 2. The first-order valence-corrected chi connectivity index (χ1v) is 6.14. The predicted molar refractivity (Wildman–Crippen MR) is 68.5 cm³/mol.